The molecular formula is C14H21NO4. The number of cyclic esters (lactones) is 1. The van der Waals surface area contributed by atoms with Gasteiger partial charge in [0.15, 0.2) is 0 Å². The van der Waals surface area contributed by atoms with Crippen LogP contribution in [-0.4, -0.2) is 29.2 Å². The summed E-state index contributed by atoms with van der Waals surface area (Å²) in [5, 5.41) is 9.60. The number of hydrogen-bond donors (Lipinski definition) is 2. The molecular weight excluding hydrogens is 246 g/mol. The number of esters is 1. The molecule has 2 saturated carbocycles. The third-order valence-corrected chi connectivity index (χ3v) is 5.41. The maximum absolute atomic E-state index is 11.9. The van der Waals surface area contributed by atoms with E-state index in [2.05, 4.69) is 0 Å². The lowest BCUT2D eigenvalue weighted by Gasteiger charge is -2.46. The van der Waals surface area contributed by atoms with Gasteiger partial charge in [-0.1, -0.05) is 0 Å². The third kappa shape index (κ3) is 1.95. The van der Waals surface area contributed by atoms with Crippen LogP contribution < -0.4 is 5.73 Å². The standard InChI is InChI=1S/C14H21NO4/c1-6-11-10(14(18)19-6)5-7-4-8(15)2-3-9(7)12(11)13(16)17/h6-12H,2-5,15H2,1H3,(H,16,17)/t6-,7+,8-,9-,10-,11-,12+/m1/s1. The largest absolute Gasteiger partial charge is 0.481 e. The maximum Gasteiger partial charge on any atom is 0.309 e. The van der Waals surface area contributed by atoms with Gasteiger partial charge in [-0.15, -0.1) is 0 Å². The van der Waals surface area contributed by atoms with Gasteiger partial charge in [0.25, 0.3) is 0 Å². The second-order valence-electron chi connectivity index (χ2n) is 6.42. The molecule has 0 spiro atoms. The molecule has 3 aliphatic rings. The summed E-state index contributed by atoms with van der Waals surface area (Å²) in [5.41, 5.74) is 6.00. The summed E-state index contributed by atoms with van der Waals surface area (Å²) in [6.45, 7) is 1.83. The van der Waals surface area contributed by atoms with Gasteiger partial charge in [0.2, 0.25) is 0 Å². The topological polar surface area (TPSA) is 89.6 Å². The second-order valence-corrected chi connectivity index (χ2v) is 6.42. The number of fused-ring (bicyclic) bond motifs is 2. The van der Waals surface area contributed by atoms with Gasteiger partial charge in [0, 0.05) is 12.0 Å². The van der Waals surface area contributed by atoms with Crippen LogP contribution in [0.3, 0.4) is 0 Å². The van der Waals surface area contributed by atoms with E-state index in [4.69, 9.17) is 10.5 Å². The van der Waals surface area contributed by atoms with Crippen molar-refractivity contribution in [2.75, 3.05) is 0 Å². The molecule has 0 aromatic carbocycles. The van der Waals surface area contributed by atoms with Gasteiger partial charge in [-0.3, -0.25) is 9.59 Å². The third-order valence-electron chi connectivity index (χ3n) is 5.41. The number of aliphatic carboxylic acids is 1. The first kappa shape index (κ1) is 12.9. The first-order valence-electron chi connectivity index (χ1n) is 7.18. The molecule has 19 heavy (non-hydrogen) atoms. The molecule has 0 radical (unpaired) electrons. The van der Waals surface area contributed by atoms with Crippen LogP contribution in [0.15, 0.2) is 0 Å². The second kappa shape index (κ2) is 4.47. The molecule has 1 aliphatic heterocycles. The van der Waals surface area contributed by atoms with E-state index in [1.54, 1.807) is 0 Å². The Morgan fingerprint density at radius 3 is 2.79 bits per heavy atom. The zero-order valence-corrected chi connectivity index (χ0v) is 11.1. The van der Waals surface area contributed by atoms with Crippen LogP contribution in [0, 0.1) is 29.6 Å². The van der Waals surface area contributed by atoms with Gasteiger partial charge < -0.3 is 15.6 Å². The van der Waals surface area contributed by atoms with E-state index in [1.165, 1.54) is 0 Å². The lowest BCUT2D eigenvalue weighted by molar-refractivity contribution is -0.152. The highest BCUT2D eigenvalue weighted by Gasteiger charge is 2.57. The Balaban J connectivity index is 1.92. The Hall–Kier alpha value is -1.10. The monoisotopic (exact) mass is 267 g/mol. The van der Waals surface area contributed by atoms with Gasteiger partial charge in [-0.25, -0.2) is 0 Å². The van der Waals surface area contributed by atoms with Crippen molar-refractivity contribution < 1.29 is 19.4 Å². The number of ether oxygens (including phenoxy) is 1. The minimum Gasteiger partial charge on any atom is -0.481 e. The highest BCUT2D eigenvalue weighted by atomic mass is 16.6. The molecule has 0 unspecified atom stereocenters. The van der Waals surface area contributed by atoms with E-state index in [1.807, 2.05) is 6.92 Å². The summed E-state index contributed by atoms with van der Waals surface area (Å²) in [7, 11) is 0. The Morgan fingerprint density at radius 2 is 2.11 bits per heavy atom. The Bertz CT molecular complexity index is 410. The normalized spacial score (nSPS) is 49.2. The summed E-state index contributed by atoms with van der Waals surface area (Å²) in [4.78, 5) is 23.6. The van der Waals surface area contributed by atoms with E-state index in [0.717, 1.165) is 25.7 Å². The molecule has 3 N–H and O–H groups in total. The van der Waals surface area contributed by atoms with E-state index in [-0.39, 0.29) is 41.8 Å². The van der Waals surface area contributed by atoms with Crippen LogP contribution in [-0.2, 0) is 14.3 Å². The average molecular weight is 267 g/mol. The Labute approximate surface area is 112 Å². The molecule has 7 atom stereocenters. The summed E-state index contributed by atoms with van der Waals surface area (Å²) in [6.07, 6.45) is 3.10. The number of carbonyl (C=O) groups excluding carboxylic acids is 1. The minimum absolute atomic E-state index is 0.152. The fourth-order valence-electron chi connectivity index (χ4n) is 4.66. The van der Waals surface area contributed by atoms with Crippen molar-refractivity contribution in [3.8, 4) is 0 Å². The quantitative estimate of drug-likeness (QED) is 0.692. The predicted octanol–water partition coefficient (Wildman–Crippen LogP) is 1.01. The predicted molar refractivity (Wildman–Crippen MR) is 67.1 cm³/mol. The molecule has 2 aliphatic carbocycles. The molecule has 3 fully saturated rings. The smallest absolute Gasteiger partial charge is 0.309 e. The molecule has 0 amide bonds. The molecule has 3 rings (SSSR count). The number of carboxylic acid groups (broad SMARTS) is 1. The fraction of sp³-hybridized carbons (Fsp3) is 0.857. The molecule has 5 nitrogen and oxygen atoms in total. The van der Waals surface area contributed by atoms with E-state index in [9.17, 15) is 14.7 Å². The molecule has 106 valence electrons. The van der Waals surface area contributed by atoms with E-state index in [0.29, 0.717) is 0 Å². The summed E-state index contributed by atoms with van der Waals surface area (Å²) >= 11 is 0. The first-order valence-corrected chi connectivity index (χ1v) is 7.18. The Kier molecular flexibility index (Phi) is 3.04. The minimum atomic E-state index is -0.773. The molecule has 5 heteroatoms. The average Bonchev–Trinajstić information content (AvgIpc) is 2.61. The van der Waals surface area contributed by atoms with Crippen LogP contribution in [0.25, 0.3) is 0 Å². The number of rotatable bonds is 1. The maximum atomic E-state index is 11.9. The number of hydrogen-bond acceptors (Lipinski definition) is 4. The van der Waals surface area contributed by atoms with Crippen molar-refractivity contribution in [2.24, 2.45) is 35.3 Å². The summed E-state index contributed by atoms with van der Waals surface area (Å²) in [5.74, 6) is -1.38. The SMILES string of the molecule is C[C@H]1OC(=O)[C@@H]2C[C@@H]3C[C@H](N)CC[C@H]3[C@H](C(=O)O)[C@H]12. The highest BCUT2D eigenvalue weighted by Crippen LogP contribution is 2.52. The summed E-state index contributed by atoms with van der Waals surface area (Å²) < 4.78 is 5.29. The van der Waals surface area contributed by atoms with Gasteiger partial charge in [-0.2, -0.15) is 0 Å². The molecule has 0 aromatic rings. The number of carboxylic acids is 1. The number of carbonyl (C=O) groups is 2. The van der Waals surface area contributed by atoms with Crippen molar-refractivity contribution in [3.05, 3.63) is 0 Å². The van der Waals surface area contributed by atoms with Crippen LogP contribution in [0.4, 0.5) is 0 Å². The van der Waals surface area contributed by atoms with Crippen LogP contribution in [0.1, 0.15) is 32.6 Å². The van der Waals surface area contributed by atoms with Gasteiger partial charge in [0.05, 0.1) is 11.8 Å². The fourth-order valence-corrected chi connectivity index (χ4v) is 4.66. The van der Waals surface area contributed by atoms with Crippen LogP contribution >= 0.6 is 0 Å². The molecule has 1 heterocycles. The molecule has 0 aromatic heterocycles. The van der Waals surface area contributed by atoms with Gasteiger partial charge in [-0.05, 0) is 44.4 Å². The van der Waals surface area contributed by atoms with Crippen molar-refractivity contribution in [3.63, 3.8) is 0 Å². The number of nitrogens with two attached hydrogens (primary N) is 1. The first-order chi connectivity index (χ1) is 8.99. The lowest BCUT2D eigenvalue weighted by atomic mass is 9.57. The summed E-state index contributed by atoms with van der Waals surface area (Å²) in [6, 6.07) is 0.155. The Morgan fingerprint density at radius 1 is 1.37 bits per heavy atom. The zero-order chi connectivity index (χ0) is 13.7. The van der Waals surface area contributed by atoms with Crippen LogP contribution in [0.5, 0.6) is 0 Å². The lowest BCUT2D eigenvalue weighted by Crippen LogP contribution is -2.49. The molecule has 1 saturated heterocycles. The zero-order valence-electron chi connectivity index (χ0n) is 11.1. The van der Waals surface area contributed by atoms with Gasteiger partial charge in [0.1, 0.15) is 6.10 Å². The van der Waals surface area contributed by atoms with E-state index < -0.39 is 11.9 Å². The van der Waals surface area contributed by atoms with Crippen LogP contribution in [0.2, 0.25) is 0 Å². The van der Waals surface area contributed by atoms with Crippen molar-refractivity contribution in [2.45, 2.75) is 44.8 Å². The van der Waals surface area contributed by atoms with Crippen molar-refractivity contribution in [1.82, 2.24) is 0 Å². The highest BCUT2D eigenvalue weighted by molar-refractivity contribution is 5.79. The molecule has 0 bridgehead atoms. The van der Waals surface area contributed by atoms with E-state index >= 15 is 0 Å². The van der Waals surface area contributed by atoms with Gasteiger partial charge >= 0.3 is 11.9 Å². The van der Waals surface area contributed by atoms with Crippen molar-refractivity contribution >= 4 is 11.9 Å². The van der Waals surface area contributed by atoms with Crippen molar-refractivity contribution in [1.29, 1.82) is 0 Å².